The average molecular weight is 367 g/mol. The van der Waals surface area contributed by atoms with Gasteiger partial charge >= 0.3 is 0 Å². The van der Waals surface area contributed by atoms with Crippen LogP contribution in [-0.2, 0) is 12.8 Å². The molecule has 6 heteroatoms. The van der Waals surface area contributed by atoms with Crippen LogP contribution in [0.2, 0.25) is 0 Å². The lowest BCUT2D eigenvalue weighted by Gasteiger charge is -2.41. The Morgan fingerprint density at radius 1 is 1.22 bits per heavy atom. The molecular formula is C21H22FN3O2. The Bertz CT molecular complexity index is 941. The first kappa shape index (κ1) is 17.7. The van der Waals surface area contributed by atoms with Gasteiger partial charge in [0.25, 0.3) is 0 Å². The van der Waals surface area contributed by atoms with Gasteiger partial charge in [-0.25, -0.2) is 4.39 Å². The molecule has 1 aromatic carbocycles. The number of aromatic nitrogens is 2. The predicted octanol–water partition coefficient (Wildman–Crippen LogP) is 3.17. The van der Waals surface area contributed by atoms with Gasteiger partial charge < -0.3 is 15.5 Å². The number of hydrogen-bond donors (Lipinski definition) is 3. The van der Waals surface area contributed by atoms with Gasteiger partial charge in [-0.15, -0.1) is 16.6 Å². The lowest BCUT2D eigenvalue weighted by molar-refractivity contribution is -0.0235. The number of phenolic OH excluding ortho intramolecular Hbond substituents is 1. The van der Waals surface area contributed by atoms with E-state index in [0.29, 0.717) is 24.1 Å². The Hall–Kier alpha value is -2.65. The molecule has 1 heterocycles. The fourth-order valence-electron chi connectivity index (χ4n) is 4.15. The number of aromatic hydroxyl groups is 1. The predicted molar refractivity (Wildman–Crippen MR) is 101 cm³/mol. The topological polar surface area (TPSA) is 78.3 Å². The fourth-order valence-corrected chi connectivity index (χ4v) is 4.15. The van der Waals surface area contributed by atoms with Crippen LogP contribution in [0.5, 0.6) is 5.75 Å². The van der Waals surface area contributed by atoms with E-state index >= 15 is 0 Å². The Kier molecular flexibility index (Phi) is 4.27. The molecule has 1 fully saturated rings. The number of nitrogens with one attached hydrogen (secondary N) is 1. The summed E-state index contributed by atoms with van der Waals surface area (Å²) in [5, 5.41) is 32.3. The molecule has 0 atom stereocenters. The van der Waals surface area contributed by atoms with Crippen LogP contribution in [0.15, 0.2) is 12.1 Å². The summed E-state index contributed by atoms with van der Waals surface area (Å²) in [5.41, 5.74) is 2.29. The molecule has 0 amide bonds. The number of phenols is 1. The van der Waals surface area contributed by atoms with Crippen LogP contribution in [0.4, 0.5) is 10.2 Å². The lowest BCUT2D eigenvalue weighted by Crippen LogP contribution is -2.48. The van der Waals surface area contributed by atoms with Crippen molar-refractivity contribution in [3.63, 3.8) is 0 Å². The molecule has 27 heavy (non-hydrogen) atoms. The number of anilines is 1. The molecule has 0 radical (unpaired) electrons. The molecule has 1 saturated carbocycles. The Balaban J connectivity index is 1.73. The van der Waals surface area contributed by atoms with Gasteiger partial charge in [0.1, 0.15) is 5.69 Å². The van der Waals surface area contributed by atoms with Crippen molar-refractivity contribution >= 4 is 5.82 Å². The molecule has 0 spiro atoms. The molecule has 1 aromatic heterocycles. The van der Waals surface area contributed by atoms with E-state index < -0.39 is 17.2 Å². The van der Waals surface area contributed by atoms with E-state index in [1.165, 1.54) is 6.07 Å². The van der Waals surface area contributed by atoms with Crippen LogP contribution in [0.1, 0.15) is 49.3 Å². The van der Waals surface area contributed by atoms with Crippen molar-refractivity contribution in [3.05, 3.63) is 34.6 Å². The second kappa shape index (κ2) is 6.50. The zero-order valence-electron chi connectivity index (χ0n) is 15.2. The Morgan fingerprint density at radius 2 is 1.93 bits per heavy atom. The molecular weight excluding hydrogens is 345 g/mol. The number of rotatable bonds is 3. The maximum Gasteiger partial charge on any atom is 0.181 e. The second-order valence-corrected chi connectivity index (χ2v) is 7.78. The quantitative estimate of drug-likeness (QED) is 0.727. The Labute approximate surface area is 157 Å². The van der Waals surface area contributed by atoms with Crippen LogP contribution in [0, 0.1) is 18.2 Å². The first-order valence-electron chi connectivity index (χ1n) is 9.25. The number of halogens is 1. The molecule has 3 N–H and O–H groups in total. The standard InChI is InChI=1S/C21H22FN3O2/c1-3-12-8-9-16(19(26)17(12)22)18-14-6-4-5-7-15(14)20(25-24-18)23-13-10-21(2,27)11-13/h1,8-9,13,26-27H,4-7,10-11H2,2H3,(H,23,25). The maximum absolute atomic E-state index is 14.3. The van der Waals surface area contributed by atoms with Crippen molar-refractivity contribution in [1.29, 1.82) is 0 Å². The number of nitrogens with zero attached hydrogens (tertiary/aromatic N) is 2. The van der Waals surface area contributed by atoms with Gasteiger partial charge in [0, 0.05) is 17.2 Å². The SMILES string of the molecule is C#Cc1ccc(-c2nnc(NC3CC(C)(O)C3)c3c2CCCC3)c(O)c1F. The minimum Gasteiger partial charge on any atom is -0.504 e. The number of benzene rings is 1. The fraction of sp³-hybridized carbons (Fsp3) is 0.429. The van der Waals surface area contributed by atoms with Crippen LogP contribution in [0.3, 0.4) is 0 Å². The van der Waals surface area contributed by atoms with Gasteiger partial charge in [-0.05, 0) is 63.1 Å². The third-order valence-electron chi connectivity index (χ3n) is 5.53. The summed E-state index contributed by atoms with van der Waals surface area (Å²) in [6.45, 7) is 1.83. The number of hydrogen-bond acceptors (Lipinski definition) is 5. The van der Waals surface area contributed by atoms with E-state index in [1.807, 2.05) is 6.92 Å². The lowest BCUT2D eigenvalue weighted by atomic mass is 9.77. The van der Waals surface area contributed by atoms with Gasteiger partial charge in [-0.2, -0.15) is 0 Å². The van der Waals surface area contributed by atoms with E-state index in [2.05, 4.69) is 21.4 Å². The zero-order chi connectivity index (χ0) is 19.2. The van der Waals surface area contributed by atoms with Crippen molar-refractivity contribution in [3.8, 4) is 29.4 Å². The molecule has 0 unspecified atom stereocenters. The second-order valence-electron chi connectivity index (χ2n) is 7.78. The third-order valence-corrected chi connectivity index (χ3v) is 5.53. The van der Waals surface area contributed by atoms with Crippen molar-refractivity contribution in [2.24, 2.45) is 0 Å². The maximum atomic E-state index is 14.3. The molecule has 2 aliphatic rings. The van der Waals surface area contributed by atoms with E-state index in [0.717, 1.165) is 42.6 Å². The average Bonchev–Trinajstić information content (AvgIpc) is 2.63. The largest absolute Gasteiger partial charge is 0.504 e. The molecule has 2 aromatic rings. The van der Waals surface area contributed by atoms with Crippen LogP contribution in [0.25, 0.3) is 11.3 Å². The van der Waals surface area contributed by atoms with Gasteiger partial charge in [-0.3, -0.25) is 0 Å². The zero-order valence-corrected chi connectivity index (χ0v) is 15.2. The number of terminal acetylenes is 1. The van der Waals surface area contributed by atoms with Gasteiger partial charge in [-0.1, -0.05) is 5.92 Å². The Morgan fingerprint density at radius 3 is 2.59 bits per heavy atom. The summed E-state index contributed by atoms with van der Waals surface area (Å²) in [5.74, 6) is 1.67. The van der Waals surface area contributed by atoms with Gasteiger partial charge in [0.15, 0.2) is 17.4 Å². The highest BCUT2D eigenvalue weighted by Crippen LogP contribution is 2.40. The summed E-state index contributed by atoms with van der Waals surface area (Å²) in [6, 6.07) is 3.25. The van der Waals surface area contributed by atoms with E-state index in [9.17, 15) is 14.6 Å². The molecule has 0 bridgehead atoms. The third kappa shape index (κ3) is 3.13. The van der Waals surface area contributed by atoms with Crippen molar-refractivity contribution in [2.75, 3.05) is 5.32 Å². The highest BCUT2D eigenvalue weighted by Gasteiger charge is 2.39. The first-order chi connectivity index (χ1) is 12.9. The summed E-state index contributed by atoms with van der Waals surface area (Å²) in [7, 11) is 0. The smallest absolute Gasteiger partial charge is 0.181 e. The van der Waals surface area contributed by atoms with Crippen LogP contribution < -0.4 is 5.32 Å². The van der Waals surface area contributed by atoms with Gasteiger partial charge in [0.05, 0.1) is 11.2 Å². The molecule has 5 nitrogen and oxygen atoms in total. The highest BCUT2D eigenvalue weighted by molar-refractivity contribution is 5.74. The molecule has 2 aliphatic carbocycles. The van der Waals surface area contributed by atoms with Crippen molar-refractivity contribution in [1.82, 2.24) is 10.2 Å². The van der Waals surface area contributed by atoms with Crippen molar-refractivity contribution < 1.29 is 14.6 Å². The highest BCUT2D eigenvalue weighted by atomic mass is 19.1. The monoisotopic (exact) mass is 367 g/mol. The summed E-state index contributed by atoms with van der Waals surface area (Å²) in [4.78, 5) is 0. The summed E-state index contributed by atoms with van der Waals surface area (Å²) in [6.07, 6.45) is 10.3. The minimum absolute atomic E-state index is 0.0217. The summed E-state index contributed by atoms with van der Waals surface area (Å²) >= 11 is 0. The van der Waals surface area contributed by atoms with Crippen LogP contribution >= 0.6 is 0 Å². The summed E-state index contributed by atoms with van der Waals surface area (Å²) < 4.78 is 14.3. The number of aliphatic hydroxyl groups is 1. The molecule has 140 valence electrons. The normalized spacial score (nSPS) is 23.9. The molecule has 0 saturated heterocycles. The number of fused-ring (bicyclic) bond motifs is 1. The first-order valence-corrected chi connectivity index (χ1v) is 9.25. The van der Waals surface area contributed by atoms with Crippen LogP contribution in [-0.4, -0.2) is 32.1 Å². The molecule has 0 aliphatic heterocycles. The molecule has 4 rings (SSSR count). The van der Waals surface area contributed by atoms with E-state index in [1.54, 1.807) is 6.07 Å². The van der Waals surface area contributed by atoms with E-state index in [4.69, 9.17) is 6.42 Å². The van der Waals surface area contributed by atoms with Gasteiger partial charge in [0.2, 0.25) is 0 Å². The minimum atomic E-state index is -0.805. The van der Waals surface area contributed by atoms with Crippen molar-refractivity contribution in [2.45, 2.75) is 57.1 Å². The van der Waals surface area contributed by atoms with E-state index in [-0.39, 0.29) is 11.6 Å².